The van der Waals surface area contributed by atoms with Gasteiger partial charge in [0.15, 0.2) is 0 Å². The Bertz CT molecular complexity index is 574. The first kappa shape index (κ1) is 10.2. The summed E-state index contributed by atoms with van der Waals surface area (Å²) in [5.74, 6) is 0. The quantitative estimate of drug-likeness (QED) is 0.731. The van der Waals surface area contributed by atoms with Crippen molar-refractivity contribution in [1.29, 1.82) is 0 Å². The van der Waals surface area contributed by atoms with Crippen LogP contribution in [0.15, 0.2) is 34.3 Å². The maximum atomic E-state index is 12.1. The van der Waals surface area contributed by atoms with E-state index in [-0.39, 0.29) is 0 Å². The van der Waals surface area contributed by atoms with Gasteiger partial charge in [0.25, 0.3) is 0 Å². The van der Waals surface area contributed by atoms with Crippen molar-refractivity contribution in [2.24, 2.45) is 7.05 Å². The number of hydrogen-bond acceptors (Lipinski definition) is 2. The van der Waals surface area contributed by atoms with E-state index in [2.05, 4.69) is 0 Å². The van der Waals surface area contributed by atoms with Gasteiger partial charge in [-0.2, -0.15) is 0 Å². The van der Waals surface area contributed by atoms with Crippen LogP contribution in [0.1, 0.15) is 19.4 Å². The van der Waals surface area contributed by atoms with Crippen molar-refractivity contribution < 1.29 is 8.42 Å². The van der Waals surface area contributed by atoms with Gasteiger partial charge in [-0.05, 0) is 25.5 Å². The fraction of sp³-hybridized carbons (Fsp3) is 0.273. The number of rotatable bonds is 1. The van der Waals surface area contributed by atoms with Crippen LogP contribution in [0.3, 0.4) is 0 Å². The van der Waals surface area contributed by atoms with E-state index in [0.29, 0.717) is 9.80 Å². The minimum atomic E-state index is -3.26. The van der Waals surface area contributed by atoms with Crippen LogP contribution in [0.25, 0.3) is 5.57 Å². The molecule has 4 heteroatoms. The maximum Gasteiger partial charge on any atom is 0.208 e. The van der Waals surface area contributed by atoms with E-state index in [1.165, 1.54) is 0 Å². The monoisotopic (exact) mass is 223 g/mol. The van der Waals surface area contributed by atoms with E-state index in [1.807, 2.05) is 27.1 Å². The van der Waals surface area contributed by atoms with Crippen molar-refractivity contribution in [3.63, 3.8) is 0 Å². The molecule has 15 heavy (non-hydrogen) atoms. The van der Waals surface area contributed by atoms with Crippen LogP contribution < -0.4 is 0 Å². The minimum absolute atomic E-state index is 0.426. The average molecular weight is 223 g/mol. The molecule has 0 atom stereocenters. The van der Waals surface area contributed by atoms with E-state index in [9.17, 15) is 8.42 Å². The Hall–Kier alpha value is -1.29. The molecule has 0 spiro atoms. The third kappa shape index (κ3) is 1.28. The molecule has 1 aliphatic heterocycles. The molecule has 1 aromatic heterocycles. The first-order valence-corrected chi connectivity index (χ1v) is 6.22. The number of allylic oxidation sites excluding steroid dienone is 3. The molecule has 0 amide bonds. The molecule has 0 aliphatic carbocycles. The number of aryl methyl sites for hydroxylation is 1. The number of aromatic nitrogens is 1. The van der Waals surface area contributed by atoms with Gasteiger partial charge >= 0.3 is 0 Å². The van der Waals surface area contributed by atoms with Crippen molar-refractivity contribution in [2.75, 3.05) is 0 Å². The van der Waals surface area contributed by atoms with Gasteiger partial charge < -0.3 is 4.57 Å². The van der Waals surface area contributed by atoms with Crippen LogP contribution in [0.2, 0.25) is 0 Å². The van der Waals surface area contributed by atoms with Gasteiger partial charge in [0.05, 0.1) is 9.80 Å². The molecule has 0 saturated heterocycles. The van der Waals surface area contributed by atoms with E-state index in [4.69, 9.17) is 0 Å². The Balaban J connectivity index is 2.78. The number of hydrogen-bond donors (Lipinski definition) is 0. The molecule has 0 fully saturated rings. The second kappa shape index (κ2) is 3.10. The molecule has 1 aromatic rings. The van der Waals surface area contributed by atoms with Gasteiger partial charge in [0, 0.05) is 25.0 Å². The zero-order valence-corrected chi connectivity index (χ0v) is 9.80. The van der Waals surface area contributed by atoms with Crippen LogP contribution in [0, 0.1) is 0 Å². The standard InChI is InChI=1S/C11H13NO2S/c1-4-5-10-8(2)9-6-12(3)7-11(9)15(10,13)14/h4-7H,1-3H3/b5-4-. The van der Waals surface area contributed by atoms with Crippen LogP contribution in [-0.4, -0.2) is 13.0 Å². The summed E-state index contributed by atoms with van der Waals surface area (Å²) < 4.78 is 25.9. The lowest BCUT2D eigenvalue weighted by Gasteiger charge is -1.98. The summed E-state index contributed by atoms with van der Waals surface area (Å²) >= 11 is 0. The predicted octanol–water partition coefficient (Wildman–Crippen LogP) is 2.12. The molecule has 3 nitrogen and oxygen atoms in total. The second-order valence-corrected chi connectivity index (χ2v) is 5.58. The summed E-state index contributed by atoms with van der Waals surface area (Å²) in [6, 6.07) is 0. The molecule has 0 saturated carbocycles. The van der Waals surface area contributed by atoms with Crippen LogP contribution >= 0.6 is 0 Å². The number of fused-ring (bicyclic) bond motifs is 1. The summed E-state index contributed by atoms with van der Waals surface area (Å²) in [6.07, 6.45) is 6.91. The molecule has 0 unspecified atom stereocenters. The fourth-order valence-electron chi connectivity index (χ4n) is 1.87. The predicted molar refractivity (Wildman–Crippen MR) is 60.0 cm³/mol. The summed E-state index contributed by atoms with van der Waals surface area (Å²) in [5.41, 5.74) is 1.66. The Morgan fingerprint density at radius 3 is 2.53 bits per heavy atom. The van der Waals surface area contributed by atoms with Crippen LogP contribution in [0.4, 0.5) is 0 Å². The van der Waals surface area contributed by atoms with Gasteiger partial charge in [-0.25, -0.2) is 8.42 Å². The summed E-state index contributed by atoms with van der Waals surface area (Å²) in [6.45, 7) is 3.66. The minimum Gasteiger partial charge on any atom is -0.355 e. The molecule has 0 aromatic carbocycles. The maximum absolute atomic E-state index is 12.1. The zero-order valence-electron chi connectivity index (χ0n) is 8.98. The van der Waals surface area contributed by atoms with Gasteiger partial charge in [-0.15, -0.1) is 0 Å². The van der Waals surface area contributed by atoms with Crippen molar-refractivity contribution >= 4 is 15.4 Å². The van der Waals surface area contributed by atoms with Crippen molar-refractivity contribution in [2.45, 2.75) is 18.7 Å². The summed E-state index contributed by atoms with van der Waals surface area (Å²) in [7, 11) is -1.44. The molecule has 0 bridgehead atoms. The highest BCUT2D eigenvalue weighted by Crippen LogP contribution is 2.39. The van der Waals surface area contributed by atoms with Crippen molar-refractivity contribution in [1.82, 2.24) is 4.57 Å². The lowest BCUT2D eigenvalue weighted by atomic mass is 10.1. The lowest BCUT2D eigenvalue weighted by Crippen LogP contribution is -1.98. The molecule has 0 radical (unpaired) electrons. The van der Waals surface area contributed by atoms with Gasteiger partial charge in [-0.1, -0.05) is 6.08 Å². The van der Waals surface area contributed by atoms with E-state index >= 15 is 0 Å². The Labute approximate surface area is 89.6 Å². The molecular weight excluding hydrogens is 210 g/mol. The number of sulfone groups is 1. The summed E-state index contributed by atoms with van der Waals surface area (Å²) in [4.78, 5) is 0.853. The Morgan fingerprint density at radius 2 is 2.00 bits per heavy atom. The largest absolute Gasteiger partial charge is 0.355 e. The molecule has 0 N–H and O–H groups in total. The van der Waals surface area contributed by atoms with E-state index < -0.39 is 9.84 Å². The van der Waals surface area contributed by atoms with E-state index in [1.54, 1.807) is 22.9 Å². The highest BCUT2D eigenvalue weighted by molar-refractivity contribution is 7.96. The van der Waals surface area contributed by atoms with Gasteiger partial charge in [-0.3, -0.25) is 0 Å². The van der Waals surface area contributed by atoms with E-state index in [0.717, 1.165) is 11.1 Å². The van der Waals surface area contributed by atoms with Gasteiger partial charge in [0.2, 0.25) is 9.84 Å². The average Bonchev–Trinajstić information content (AvgIpc) is 2.61. The molecule has 2 rings (SSSR count). The van der Waals surface area contributed by atoms with Crippen LogP contribution in [0.5, 0.6) is 0 Å². The fourth-order valence-corrected chi connectivity index (χ4v) is 3.74. The zero-order chi connectivity index (χ0) is 11.2. The smallest absolute Gasteiger partial charge is 0.208 e. The first-order chi connectivity index (χ1) is 6.98. The first-order valence-electron chi connectivity index (χ1n) is 4.73. The molecule has 80 valence electrons. The Kier molecular flexibility index (Phi) is 2.12. The van der Waals surface area contributed by atoms with Crippen molar-refractivity contribution in [3.8, 4) is 0 Å². The lowest BCUT2D eigenvalue weighted by molar-refractivity contribution is 0.604. The Morgan fingerprint density at radius 1 is 1.33 bits per heavy atom. The third-order valence-corrected chi connectivity index (χ3v) is 4.52. The summed E-state index contributed by atoms with van der Waals surface area (Å²) in [5, 5.41) is 0. The normalized spacial score (nSPS) is 18.9. The topological polar surface area (TPSA) is 39.1 Å². The second-order valence-electron chi connectivity index (χ2n) is 3.69. The van der Waals surface area contributed by atoms with Crippen molar-refractivity contribution in [3.05, 3.63) is 35.0 Å². The SMILES string of the molecule is C/C=C\C1=C(C)c2cn(C)cc2S1(=O)=O. The molecule has 1 aliphatic rings. The third-order valence-electron chi connectivity index (χ3n) is 2.59. The van der Waals surface area contributed by atoms with Crippen LogP contribution in [-0.2, 0) is 16.9 Å². The highest BCUT2D eigenvalue weighted by atomic mass is 32.2. The molecule has 2 heterocycles. The number of nitrogens with zero attached hydrogens (tertiary/aromatic N) is 1. The molecular formula is C11H13NO2S. The highest BCUT2D eigenvalue weighted by Gasteiger charge is 2.33. The van der Waals surface area contributed by atoms with Gasteiger partial charge in [0.1, 0.15) is 0 Å².